The van der Waals surface area contributed by atoms with E-state index in [1.165, 1.54) is 5.56 Å². The molecule has 1 aliphatic rings. The van der Waals surface area contributed by atoms with Crippen LogP contribution in [0.2, 0.25) is 0 Å². The van der Waals surface area contributed by atoms with Crippen LogP contribution < -0.4 is 0 Å². The molecule has 0 spiro atoms. The number of Topliss-reactive ketones (excluding diaryl/α,β-unsaturated/α-hetero) is 1. The van der Waals surface area contributed by atoms with Crippen molar-refractivity contribution in [1.82, 2.24) is 4.90 Å². The van der Waals surface area contributed by atoms with Gasteiger partial charge in [0.15, 0.2) is 0 Å². The minimum atomic E-state index is 0.396. The summed E-state index contributed by atoms with van der Waals surface area (Å²) >= 11 is 0. The summed E-state index contributed by atoms with van der Waals surface area (Å²) in [5.41, 5.74) is 1.40. The number of hydrogen-bond acceptors (Lipinski definition) is 2. The van der Waals surface area contributed by atoms with Crippen LogP contribution in [0.5, 0.6) is 0 Å². The third kappa shape index (κ3) is 2.92. The third-order valence-corrected chi connectivity index (χ3v) is 3.35. The summed E-state index contributed by atoms with van der Waals surface area (Å²) in [5.74, 6) is 0.976. The summed E-state index contributed by atoms with van der Waals surface area (Å²) in [6.45, 7) is 4.93. The fourth-order valence-electron chi connectivity index (χ4n) is 2.21. The standard InChI is InChI=1S/C14H19NO/c1-12(13-5-3-2-4-6-13)7-9-15-10-8-14(16)11-15/h2-6,12H,7-11H2,1H3. The van der Waals surface area contributed by atoms with Crippen LogP contribution in [0.1, 0.15) is 31.2 Å². The Labute approximate surface area is 97.3 Å². The molecule has 16 heavy (non-hydrogen) atoms. The highest BCUT2D eigenvalue weighted by molar-refractivity contribution is 5.82. The van der Waals surface area contributed by atoms with E-state index in [-0.39, 0.29) is 0 Å². The Balaban J connectivity index is 1.80. The lowest BCUT2D eigenvalue weighted by Crippen LogP contribution is -2.23. The molecule has 1 atom stereocenters. The second-order valence-corrected chi connectivity index (χ2v) is 4.67. The van der Waals surface area contributed by atoms with Crippen molar-refractivity contribution in [3.05, 3.63) is 35.9 Å². The van der Waals surface area contributed by atoms with E-state index in [4.69, 9.17) is 0 Å². The lowest BCUT2D eigenvalue weighted by Gasteiger charge is -2.17. The summed E-state index contributed by atoms with van der Waals surface area (Å²) < 4.78 is 0. The molecule has 1 heterocycles. The van der Waals surface area contributed by atoms with Crippen LogP contribution in [0, 0.1) is 0 Å². The number of rotatable bonds is 4. The number of ketones is 1. The first kappa shape index (κ1) is 11.3. The molecule has 0 amide bonds. The number of benzene rings is 1. The maximum absolute atomic E-state index is 11.1. The Morgan fingerprint density at radius 2 is 2.06 bits per heavy atom. The zero-order valence-electron chi connectivity index (χ0n) is 9.86. The normalized spacial score (nSPS) is 18.9. The van der Waals surface area contributed by atoms with Crippen molar-refractivity contribution in [2.24, 2.45) is 0 Å². The zero-order valence-corrected chi connectivity index (χ0v) is 9.86. The minimum Gasteiger partial charge on any atom is -0.298 e. The maximum atomic E-state index is 11.1. The second-order valence-electron chi connectivity index (χ2n) is 4.67. The molecular formula is C14H19NO. The van der Waals surface area contributed by atoms with Crippen LogP contribution >= 0.6 is 0 Å². The summed E-state index contributed by atoms with van der Waals surface area (Å²) in [5, 5.41) is 0. The summed E-state index contributed by atoms with van der Waals surface area (Å²) in [6.07, 6.45) is 1.89. The largest absolute Gasteiger partial charge is 0.298 e. The first-order chi connectivity index (χ1) is 7.75. The van der Waals surface area contributed by atoms with Crippen LogP contribution in [0.3, 0.4) is 0 Å². The van der Waals surface area contributed by atoms with Crippen LogP contribution in [0.25, 0.3) is 0 Å². The van der Waals surface area contributed by atoms with E-state index in [1.807, 2.05) is 0 Å². The van der Waals surface area contributed by atoms with Crippen molar-refractivity contribution in [3.63, 3.8) is 0 Å². The topological polar surface area (TPSA) is 20.3 Å². The van der Waals surface area contributed by atoms with Gasteiger partial charge in [-0.25, -0.2) is 0 Å². The average molecular weight is 217 g/mol. The molecule has 1 aliphatic heterocycles. The molecule has 86 valence electrons. The Kier molecular flexibility index (Phi) is 3.73. The van der Waals surface area contributed by atoms with E-state index in [9.17, 15) is 4.79 Å². The smallest absolute Gasteiger partial charge is 0.148 e. The molecule has 1 saturated heterocycles. The van der Waals surface area contributed by atoms with Crippen molar-refractivity contribution in [2.75, 3.05) is 19.6 Å². The fourth-order valence-corrected chi connectivity index (χ4v) is 2.21. The molecule has 2 heteroatoms. The van der Waals surface area contributed by atoms with Gasteiger partial charge in [0.2, 0.25) is 0 Å². The quantitative estimate of drug-likeness (QED) is 0.772. The second kappa shape index (κ2) is 5.26. The first-order valence-electron chi connectivity index (χ1n) is 6.04. The molecule has 0 radical (unpaired) electrons. The SMILES string of the molecule is CC(CCN1CCC(=O)C1)c1ccccc1. The lowest BCUT2D eigenvalue weighted by atomic mass is 9.98. The van der Waals surface area contributed by atoms with Gasteiger partial charge in [-0.2, -0.15) is 0 Å². The van der Waals surface area contributed by atoms with E-state index in [2.05, 4.69) is 42.2 Å². The van der Waals surface area contributed by atoms with Crippen molar-refractivity contribution in [3.8, 4) is 0 Å². The highest BCUT2D eigenvalue weighted by atomic mass is 16.1. The molecule has 0 N–H and O–H groups in total. The summed E-state index contributed by atoms with van der Waals surface area (Å²) in [6, 6.07) is 10.6. The molecule has 0 bridgehead atoms. The predicted octanol–water partition coefficient (Wildman–Crippen LogP) is 2.46. The molecule has 0 aromatic heterocycles. The van der Waals surface area contributed by atoms with E-state index >= 15 is 0 Å². The van der Waals surface area contributed by atoms with Gasteiger partial charge in [-0.15, -0.1) is 0 Å². The molecule has 1 aromatic rings. The van der Waals surface area contributed by atoms with Gasteiger partial charge in [0.25, 0.3) is 0 Å². The molecule has 1 aromatic carbocycles. The Hall–Kier alpha value is -1.15. The highest BCUT2D eigenvalue weighted by Crippen LogP contribution is 2.19. The number of carbonyl (C=O) groups is 1. The third-order valence-electron chi connectivity index (χ3n) is 3.35. The van der Waals surface area contributed by atoms with Crippen molar-refractivity contribution in [2.45, 2.75) is 25.7 Å². The van der Waals surface area contributed by atoms with Gasteiger partial charge in [0.1, 0.15) is 5.78 Å². The van der Waals surface area contributed by atoms with Crippen LogP contribution in [0.4, 0.5) is 0 Å². The molecule has 2 nitrogen and oxygen atoms in total. The number of carbonyl (C=O) groups excluding carboxylic acids is 1. The molecule has 1 unspecified atom stereocenters. The number of hydrogen-bond donors (Lipinski definition) is 0. The highest BCUT2D eigenvalue weighted by Gasteiger charge is 2.19. The van der Waals surface area contributed by atoms with E-state index in [0.717, 1.165) is 25.9 Å². The average Bonchev–Trinajstić information content (AvgIpc) is 2.73. The van der Waals surface area contributed by atoms with Gasteiger partial charge in [0.05, 0.1) is 6.54 Å². The first-order valence-corrected chi connectivity index (χ1v) is 6.04. The van der Waals surface area contributed by atoms with Crippen molar-refractivity contribution in [1.29, 1.82) is 0 Å². The summed E-state index contributed by atoms with van der Waals surface area (Å²) in [4.78, 5) is 13.4. The predicted molar refractivity (Wildman–Crippen MR) is 65.5 cm³/mol. The van der Waals surface area contributed by atoms with E-state index < -0.39 is 0 Å². The number of nitrogens with zero attached hydrogens (tertiary/aromatic N) is 1. The van der Waals surface area contributed by atoms with Gasteiger partial charge in [-0.3, -0.25) is 9.69 Å². The van der Waals surface area contributed by atoms with E-state index in [1.54, 1.807) is 0 Å². The Bertz CT molecular complexity index is 347. The van der Waals surface area contributed by atoms with Crippen LogP contribution in [-0.2, 0) is 4.79 Å². The lowest BCUT2D eigenvalue weighted by molar-refractivity contribution is -0.116. The van der Waals surface area contributed by atoms with Crippen molar-refractivity contribution >= 4 is 5.78 Å². The van der Waals surface area contributed by atoms with Gasteiger partial charge in [0, 0.05) is 13.0 Å². The minimum absolute atomic E-state index is 0.396. The molecule has 2 rings (SSSR count). The van der Waals surface area contributed by atoms with Crippen molar-refractivity contribution < 1.29 is 4.79 Å². The zero-order chi connectivity index (χ0) is 11.4. The van der Waals surface area contributed by atoms with E-state index in [0.29, 0.717) is 18.2 Å². The summed E-state index contributed by atoms with van der Waals surface area (Å²) in [7, 11) is 0. The van der Waals surface area contributed by atoms with Gasteiger partial charge >= 0.3 is 0 Å². The molecule has 1 fully saturated rings. The number of likely N-dealkylation sites (tertiary alicyclic amines) is 1. The Morgan fingerprint density at radius 1 is 1.31 bits per heavy atom. The monoisotopic (exact) mass is 217 g/mol. The van der Waals surface area contributed by atoms with Gasteiger partial charge in [-0.1, -0.05) is 37.3 Å². The fraction of sp³-hybridized carbons (Fsp3) is 0.500. The molecular weight excluding hydrogens is 198 g/mol. The molecule has 0 saturated carbocycles. The maximum Gasteiger partial charge on any atom is 0.148 e. The van der Waals surface area contributed by atoms with Gasteiger partial charge in [-0.05, 0) is 24.4 Å². The van der Waals surface area contributed by atoms with Crippen LogP contribution in [-0.4, -0.2) is 30.3 Å². The molecule has 0 aliphatic carbocycles. The van der Waals surface area contributed by atoms with Gasteiger partial charge < -0.3 is 0 Å². The van der Waals surface area contributed by atoms with Crippen LogP contribution in [0.15, 0.2) is 30.3 Å². The Morgan fingerprint density at radius 3 is 2.69 bits per heavy atom.